The Morgan fingerprint density at radius 2 is 1.81 bits per heavy atom. The Hall–Kier alpha value is -3.02. The highest BCUT2D eigenvalue weighted by molar-refractivity contribution is 6.08. The van der Waals surface area contributed by atoms with Gasteiger partial charge in [0.2, 0.25) is 17.7 Å². The first-order valence-corrected chi connectivity index (χ1v) is 7.67. The zero-order valence-corrected chi connectivity index (χ0v) is 13.9. The molecule has 12 heteroatoms. The van der Waals surface area contributed by atoms with E-state index in [1.165, 1.54) is 6.92 Å². The lowest BCUT2D eigenvalue weighted by Gasteiger charge is -2.21. The third-order valence-corrected chi connectivity index (χ3v) is 3.55. The van der Waals surface area contributed by atoms with Gasteiger partial charge in [0, 0.05) is 6.42 Å². The van der Waals surface area contributed by atoms with Crippen LogP contribution < -0.4 is 16.4 Å². The van der Waals surface area contributed by atoms with E-state index in [-0.39, 0.29) is 6.42 Å². The average molecular weight is 372 g/mol. The SMILES string of the molecule is C[C@H](N)C(=O)N[C@@H](CCC(=O)O)C(=O)N[C@H]1CC(=O)N(CC(=O)O)C1=O. The molecule has 3 atom stereocenters. The summed E-state index contributed by atoms with van der Waals surface area (Å²) in [6, 6.07) is -3.51. The van der Waals surface area contributed by atoms with Crippen molar-refractivity contribution in [2.45, 2.75) is 44.3 Å². The summed E-state index contributed by atoms with van der Waals surface area (Å²) in [5, 5.41) is 21.9. The molecule has 1 heterocycles. The van der Waals surface area contributed by atoms with Crippen LogP contribution in [0.1, 0.15) is 26.2 Å². The Balaban J connectivity index is 2.80. The zero-order valence-electron chi connectivity index (χ0n) is 13.9. The maximum absolute atomic E-state index is 12.3. The smallest absolute Gasteiger partial charge is 0.323 e. The number of carbonyl (C=O) groups is 6. The van der Waals surface area contributed by atoms with Crippen molar-refractivity contribution in [3.63, 3.8) is 0 Å². The van der Waals surface area contributed by atoms with E-state index in [1.54, 1.807) is 0 Å². The predicted molar refractivity (Wildman–Crippen MR) is 83.4 cm³/mol. The molecule has 4 amide bonds. The first-order valence-electron chi connectivity index (χ1n) is 7.67. The number of nitrogens with one attached hydrogen (secondary N) is 2. The van der Waals surface area contributed by atoms with Gasteiger partial charge in [0.15, 0.2) is 0 Å². The molecule has 6 N–H and O–H groups in total. The van der Waals surface area contributed by atoms with E-state index in [0.29, 0.717) is 4.90 Å². The molecule has 1 fully saturated rings. The van der Waals surface area contributed by atoms with Crippen LogP contribution in [0.4, 0.5) is 0 Å². The highest BCUT2D eigenvalue weighted by Crippen LogP contribution is 2.13. The molecule has 0 radical (unpaired) electrons. The first kappa shape index (κ1) is 21.0. The fourth-order valence-corrected chi connectivity index (χ4v) is 2.21. The van der Waals surface area contributed by atoms with Crippen molar-refractivity contribution in [1.82, 2.24) is 15.5 Å². The van der Waals surface area contributed by atoms with Crippen LogP contribution in [0.25, 0.3) is 0 Å². The molecule has 0 spiro atoms. The molecule has 1 aliphatic rings. The molecule has 0 aromatic carbocycles. The quantitative estimate of drug-likeness (QED) is 0.262. The molecule has 1 saturated heterocycles. The summed E-state index contributed by atoms with van der Waals surface area (Å²) in [4.78, 5) is 69.6. The van der Waals surface area contributed by atoms with E-state index in [2.05, 4.69) is 10.6 Å². The molecule has 0 aliphatic carbocycles. The van der Waals surface area contributed by atoms with E-state index in [0.717, 1.165) is 0 Å². The number of carboxylic acid groups (broad SMARTS) is 2. The lowest BCUT2D eigenvalue weighted by Crippen LogP contribution is -2.54. The van der Waals surface area contributed by atoms with Crippen molar-refractivity contribution < 1.29 is 39.0 Å². The van der Waals surface area contributed by atoms with E-state index < -0.39 is 73.1 Å². The van der Waals surface area contributed by atoms with Crippen molar-refractivity contribution >= 4 is 35.6 Å². The van der Waals surface area contributed by atoms with Crippen LogP contribution in [-0.2, 0) is 28.8 Å². The van der Waals surface area contributed by atoms with Crippen molar-refractivity contribution in [2.75, 3.05) is 6.54 Å². The Morgan fingerprint density at radius 3 is 2.31 bits per heavy atom. The number of hydrogen-bond donors (Lipinski definition) is 5. The second-order valence-corrected chi connectivity index (χ2v) is 5.76. The summed E-state index contributed by atoms with van der Waals surface area (Å²) in [6.07, 6.45) is -1.11. The predicted octanol–water partition coefficient (Wildman–Crippen LogP) is -2.99. The van der Waals surface area contributed by atoms with Gasteiger partial charge in [-0.05, 0) is 13.3 Å². The van der Waals surface area contributed by atoms with Gasteiger partial charge in [-0.15, -0.1) is 0 Å². The van der Waals surface area contributed by atoms with Gasteiger partial charge in [0.1, 0.15) is 18.6 Å². The zero-order chi connectivity index (χ0) is 20.0. The largest absolute Gasteiger partial charge is 0.481 e. The molecular weight excluding hydrogens is 352 g/mol. The Labute approximate surface area is 147 Å². The lowest BCUT2D eigenvalue weighted by molar-refractivity contribution is -0.149. The molecule has 0 unspecified atom stereocenters. The highest BCUT2D eigenvalue weighted by Gasteiger charge is 2.41. The summed E-state index contributed by atoms with van der Waals surface area (Å²) in [5.74, 6) is -5.80. The minimum absolute atomic E-state index is 0.257. The number of carbonyl (C=O) groups excluding carboxylic acids is 4. The van der Waals surface area contributed by atoms with Crippen LogP contribution in [0.3, 0.4) is 0 Å². The van der Waals surface area contributed by atoms with Crippen LogP contribution in [0.15, 0.2) is 0 Å². The van der Waals surface area contributed by atoms with Gasteiger partial charge in [-0.25, -0.2) is 0 Å². The molecule has 12 nitrogen and oxygen atoms in total. The number of imide groups is 1. The summed E-state index contributed by atoms with van der Waals surface area (Å²) in [6.45, 7) is 0.540. The minimum Gasteiger partial charge on any atom is -0.481 e. The number of hydrogen-bond acceptors (Lipinski definition) is 7. The monoisotopic (exact) mass is 372 g/mol. The van der Waals surface area contributed by atoms with Crippen molar-refractivity contribution in [2.24, 2.45) is 5.73 Å². The second-order valence-electron chi connectivity index (χ2n) is 5.76. The first-order chi connectivity index (χ1) is 12.0. The molecule has 0 bridgehead atoms. The third kappa shape index (κ3) is 5.81. The number of carboxylic acids is 2. The average Bonchev–Trinajstić information content (AvgIpc) is 2.77. The Bertz CT molecular complexity index is 632. The molecule has 1 rings (SSSR count). The molecule has 144 valence electrons. The van der Waals surface area contributed by atoms with Gasteiger partial charge in [-0.3, -0.25) is 33.7 Å². The van der Waals surface area contributed by atoms with Gasteiger partial charge in [-0.2, -0.15) is 0 Å². The fraction of sp³-hybridized carbons (Fsp3) is 0.571. The van der Waals surface area contributed by atoms with E-state index >= 15 is 0 Å². The standard InChI is InChI=1S/C14H20N4O8/c1-6(15)12(24)16-7(2-3-10(20)21)13(25)17-8-4-9(19)18(14(8)26)5-11(22)23/h6-8H,2-5,15H2,1H3,(H,16,24)(H,17,25)(H,20,21)(H,22,23)/t6-,7-,8-/m0/s1. The molecule has 0 saturated carbocycles. The number of nitrogens with zero attached hydrogens (tertiary/aromatic N) is 1. The van der Waals surface area contributed by atoms with Crippen LogP contribution in [0.2, 0.25) is 0 Å². The molecule has 1 aliphatic heterocycles. The van der Waals surface area contributed by atoms with Gasteiger partial charge in [0.25, 0.3) is 5.91 Å². The van der Waals surface area contributed by atoms with E-state index in [9.17, 15) is 28.8 Å². The maximum atomic E-state index is 12.3. The normalized spacial score (nSPS) is 19.0. The van der Waals surface area contributed by atoms with Crippen molar-refractivity contribution in [1.29, 1.82) is 0 Å². The molecule has 0 aromatic heterocycles. The summed E-state index contributed by atoms with van der Waals surface area (Å²) in [7, 11) is 0. The van der Waals surface area contributed by atoms with Gasteiger partial charge in [0.05, 0.1) is 12.5 Å². The van der Waals surface area contributed by atoms with Crippen LogP contribution in [0.5, 0.6) is 0 Å². The number of rotatable bonds is 9. The Kier molecular flexibility index (Phi) is 7.19. The van der Waals surface area contributed by atoms with E-state index in [1.807, 2.05) is 0 Å². The summed E-state index contributed by atoms with van der Waals surface area (Å²) < 4.78 is 0. The van der Waals surface area contributed by atoms with Crippen LogP contribution in [-0.4, -0.2) is 75.4 Å². The molecule has 26 heavy (non-hydrogen) atoms. The third-order valence-electron chi connectivity index (χ3n) is 3.55. The summed E-state index contributed by atoms with van der Waals surface area (Å²) >= 11 is 0. The number of nitrogens with two attached hydrogens (primary N) is 1. The van der Waals surface area contributed by atoms with Gasteiger partial charge < -0.3 is 26.6 Å². The molecular formula is C14H20N4O8. The van der Waals surface area contributed by atoms with Crippen LogP contribution in [0, 0.1) is 0 Å². The summed E-state index contributed by atoms with van der Waals surface area (Å²) in [5.41, 5.74) is 5.39. The number of aliphatic carboxylic acids is 2. The van der Waals surface area contributed by atoms with Crippen LogP contribution >= 0.6 is 0 Å². The van der Waals surface area contributed by atoms with Crippen molar-refractivity contribution in [3.05, 3.63) is 0 Å². The Morgan fingerprint density at radius 1 is 1.19 bits per heavy atom. The molecule has 0 aromatic rings. The highest BCUT2D eigenvalue weighted by atomic mass is 16.4. The van der Waals surface area contributed by atoms with E-state index in [4.69, 9.17) is 15.9 Å². The number of amides is 4. The van der Waals surface area contributed by atoms with Gasteiger partial charge >= 0.3 is 11.9 Å². The van der Waals surface area contributed by atoms with Crippen molar-refractivity contribution in [3.8, 4) is 0 Å². The fourth-order valence-electron chi connectivity index (χ4n) is 2.21. The number of likely N-dealkylation sites (tertiary alicyclic amines) is 1. The topological polar surface area (TPSA) is 196 Å². The maximum Gasteiger partial charge on any atom is 0.323 e. The van der Waals surface area contributed by atoms with Gasteiger partial charge in [-0.1, -0.05) is 0 Å². The second kappa shape index (κ2) is 8.89. The lowest BCUT2D eigenvalue weighted by atomic mass is 10.1. The minimum atomic E-state index is -1.39.